The Balaban J connectivity index is 2.24. The highest BCUT2D eigenvalue weighted by Gasteiger charge is 2.17. The van der Waals surface area contributed by atoms with Crippen molar-refractivity contribution in [2.45, 2.75) is 18.8 Å². The van der Waals surface area contributed by atoms with Gasteiger partial charge in [-0.15, -0.1) is 0 Å². The first-order chi connectivity index (χ1) is 6.92. The van der Waals surface area contributed by atoms with Gasteiger partial charge in [0.15, 0.2) is 0 Å². The fourth-order valence-electron chi connectivity index (χ4n) is 2.00. The minimum absolute atomic E-state index is 0.609. The van der Waals surface area contributed by atoms with Crippen molar-refractivity contribution in [1.82, 2.24) is 0 Å². The molecule has 0 atom stereocenters. The summed E-state index contributed by atoms with van der Waals surface area (Å²) in [5, 5.41) is 0. The molecule has 0 bridgehead atoms. The lowest BCUT2D eigenvalue weighted by atomic mass is 9.90. The first-order valence-electron chi connectivity index (χ1n) is 5.03. The lowest BCUT2D eigenvalue weighted by Gasteiger charge is -2.22. The Morgan fingerprint density at radius 1 is 1.21 bits per heavy atom. The fourth-order valence-corrected chi connectivity index (χ4v) is 3.11. The van der Waals surface area contributed by atoms with Gasteiger partial charge in [0, 0.05) is 5.56 Å². The molecule has 0 unspecified atom stereocenters. The number of thioether (sulfide) groups is 1. The summed E-state index contributed by atoms with van der Waals surface area (Å²) in [4.78, 5) is 10.9. The van der Waals surface area contributed by atoms with Crippen LogP contribution in [0.5, 0.6) is 0 Å². The van der Waals surface area contributed by atoms with Gasteiger partial charge in [-0.2, -0.15) is 11.8 Å². The summed E-state index contributed by atoms with van der Waals surface area (Å²) in [5.41, 5.74) is 2.13. The van der Waals surface area contributed by atoms with Crippen molar-refractivity contribution < 1.29 is 4.79 Å². The minimum Gasteiger partial charge on any atom is -0.298 e. The van der Waals surface area contributed by atoms with Crippen LogP contribution in [0.15, 0.2) is 24.3 Å². The van der Waals surface area contributed by atoms with Crippen LogP contribution in [0, 0.1) is 0 Å². The molecular weight excluding hydrogens is 192 g/mol. The van der Waals surface area contributed by atoms with Gasteiger partial charge in [0.2, 0.25) is 0 Å². The maximum atomic E-state index is 10.9. The molecule has 1 saturated heterocycles. The van der Waals surface area contributed by atoms with Gasteiger partial charge in [0.25, 0.3) is 0 Å². The third kappa shape index (κ3) is 2.01. The molecular formula is C12H14OS. The molecule has 2 rings (SSSR count). The number of aldehydes is 1. The molecule has 0 radical (unpaired) electrons. The molecule has 0 N–H and O–H groups in total. The highest BCUT2D eigenvalue weighted by molar-refractivity contribution is 7.99. The predicted molar refractivity (Wildman–Crippen MR) is 61.1 cm³/mol. The normalized spacial score (nSPS) is 18.0. The molecule has 1 aliphatic rings. The van der Waals surface area contributed by atoms with E-state index < -0.39 is 0 Å². The molecule has 1 fully saturated rings. The standard InChI is InChI=1S/C12H14OS/c13-9-11-3-1-2-4-12(11)10-5-7-14-8-6-10/h1-4,9-10H,5-8H2. The topological polar surface area (TPSA) is 17.1 Å². The average molecular weight is 206 g/mol. The van der Waals surface area contributed by atoms with Crippen molar-refractivity contribution >= 4 is 18.0 Å². The number of carbonyl (C=O) groups is 1. The summed E-state index contributed by atoms with van der Waals surface area (Å²) in [6.07, 6.45) is 3.42. The molecule has 1 aromatic carbocycles. The van der Waals surface area contributed by atoms with E-state index in [2.05, 4.69) is 6.07 Å². The van der Waals surface area contributed by atoms with Gasteiger partial charge in [0.1, 0.15) is 6.29 Å². The van der Waals surface area contributed by atoms with Gasteiger partial charge in [-0.05, 0) is 35.8 Å². The summed E-state index contributed by atoms with van der Waals surface area (Å²) in [7, 11) is 0. The van der Waals surface area contributed by atoms with Crippen molar-refractivity contribution in [1.29, 1.82) is 0 Å². The van der Waals surface area contributed by atoms with Gasteiger partial charge in [-0.1, -0.05) is 24.3 Å². The van der Waals surface area contributed by atoms with Crippen LogP contribution in [-0.4, -0.2) is 17.8 Å². The quantitative estimate of drug-likeness (QED) is 0.692. The zero-order chi connectivity index (χ0) is 9.80. The maximum Gasteiger partial charge on any atom is 0.150 e. The van der Waals surface area contributed by atoms with Crippen LogP contribution in [0.25, 0.3) is 0 Å². The van der Waals surface area contributed by atoms with Crippen molar-refractivity contribution in [2.24, 2.45) is 0 Å². The molecule has 1 heterocycles. The third-order valence-electron chi connectivity index (χ3n) is 2.78. The SMILES string of the molecule is O=Cc1ccccc1C1CCSCC1. The van der Waals surface area contributed by atoms with Crippen LogP contribution >= 0.6 is 11.8 Å². The monoisotopic (exact) mass is 206 g/mol. The number of hydrogen-bond donors (Lipinski definition) is 0. The van der Waals surface area contributed by atoms with Crippen LogP contribution < -0.4 is 0 Å². The number of carbonyl (C=O) groups excluding carboxylic acids is 1. The molecule has 0 saturated carbocycles. The van der Waals surface area contributed by atoms with E-state index in [4.69, 9.17) is 0 Å². The van der Waals surface area contributed by atoms with Crippen molar-refractivity contribution in [3.63, 3.8) is 0 Å². The Labute approximate surface area is 88.9 Å². The zero-order valence-electron chi connectivity index (χ0n) is 8.11. The second-order valence-electron chi connectivity index (χ2n) is 3.63. The average Bonchev–Trinajstić information content (AvgIpc) is 2.30. The number of benzene rings is 1. The van der Waals surface area contributed by atoms with Crippen LogP contribution in [0.2, 0.25) is 0 Å². The highest BCUT2D eigenvalue weighted by Crippen LogP contribution is 2.32. The zero-order valence-corrected chi connectivity index (χ0v) is 8.93. The summed E-state index contributed by atoms with van der Waals surface area (Å²) in [6.45, 7) is 0. The van der Waals surface area contributed by atoms with Crippen LogP contribution in [0.1, 0.15) is 34.7 Å². The Bertz CT molecular complexity index is 316. The largest absolute Gasteiger partial charge is 0.298 e. The number of hydrogen-bond acceptors (Lipinski definition) is 2. The number of rotatable bonds is 2. The summed E-state index contributed by atoms with van der Waals surface area (Å²) in [5.74, 6) is 3.08. The predicted octanol–water partition coefficient (Wildman–Crippen LogP) is 3.11. The summed E-state index contributed by atoms with van der Waals surface area (Å²) < 4.78 is 0. The van der Waals surface area contributed by atoms with Crippen LogP contribution in [-0.2, 0) is 0 Å². The molecule has 1 aliphatic heterocycles. The van der Waals surface area contributed by atoms with Gasteiger partial charge in [0.05, 0.1) is 0 Å². The van der Waals surface area contributed by atoms with E-state index in [1.54, 1.807) is 0 Å². The lowest BCUT2D eigenvalue weighted by Crippen LogP contribution is -2.09. The van der Waals surface area contributed by atoms with E-state index in [0.717, 1.165) is 11.8 Å². The van der Waals surface area contributed by atoms with Gasteiger partial charge >= 0.3 is 0 Å². The second-order valence-corrected chi connectivity index (χ2v) is 4.86. The fraction of sp³-hybridized carbons (Fsp3) is 0.417. The smallest absolute Gasteiger partial charge is 0.150 e. The van der Waals surface area contributed by atoms with E-state index in [0.29, 0.717) is 5.92 Å². The van der Waals surface area contributed by atoms with Gasteiger partial charge < -0.3 is 0 Å². The molecule has 74 valence electrons. The second kappa shape index (κ2) is 4.65. The van der Waals surface area contributed by atoms with E-state index in [1.165, 1.54) is 29.9 Å². The molecule has 0 aromatic heterocycles. The third-order valence-corrected chi connectivity index (χ3v) is 3.83. The Morgan fingerprint density at radius 3 is 2.64 bits per heavy atom. The van der Waals surface area contributed by atoms with Crippen LogP contribution in [0.4, 0.5) is 0 Å². The van der Waals surface area contributed by atoms with Gasteiger partial charge in [-0.25, -0.2) is 0 Å². The van der Waals surface area contributed by atoms with E-state index in [9.17, 15) is 4.79 Å². The van der Waals surface area contributed by atoms with Crippen molar-refractivity contribution in [3.8, 4) is 0 Å². The van der Waals surface area contributed by atoms with Crippen molar-refractivity contribution in [2.75, 3.05) is 11.5 Å². The molecule has 0 amide bonds. The summed E-state index contributed by atoms with van der Waals surface area (Å²) >= 11 is 2.02. The Morgan fingerprint density at radius 2 is 1.93 bits per heavy atom. The molecule has 0 spiro atoms. The Hall–Kier alpha value is -0.760. The van der Waals surface area contributed by atoms with E-state index in [-0.39, 0.29) is 0 Å². The first-order valence-corrected chi connectivity index (χ1v) is 6.19. The molecule has 2 heteroatoms. The molecule has 14 heavy (non-hydrogen) atoms. The van der Waals surface area contributed by atoms with Crippen molar-refractivity contribution in [3.05, 3.63) is 35.4 Å². The van der Waals surface area contributed by atoms with E-state index in [1.807, 2.05) is 30.0 Å². The van der Waals surface area contributed by atoms with E-state index >= 15 is 0 Å². The molecule has 1 aromatic rings. The highest BCUT2D eigenvalue weighted by atomic mass is 32.2. The maximum absolute atomic E-state index is 10.9. The van der Waals surface area contributed by atoms with Crippen LogP contribution in [0.3, 0.4) is 0 Å². The minimum atomic E-state index is 0.609. The summed E-state index contributed by atoms with van der Waals surface area (Å²) in [6, 6.07) is 7.99. The molecule has 1 nitrogen and oxygen atoms in total. The lowest BCUT2D eigenvalue weighted by molar-refractivity contribution is 0.112. The first kappa shape index (κ1) is 9.78. The van der Waals surface area contributed by atoms with Gasteiger partial charge in [-0.3, -0.25) is 4.79 Å². The Kier molecular flexibility index (Phi) is 3.25. The molecule has 0 aliphatic carbocycles.